The van der Waals surface area contributed by atoms with Crippen LogP contribution in [0.4, 0.5) is 11.4 Å². The number of ketones is 2. The molecular formula is C30H22N2O4. The van der Waals surface area contributed by atoms with Gasteiger partial charge in [-0.2, -0.15) is 0 Å². The number of fused-ring (bicyclic) bond motifs is 2. The van der Waals surface area contributed by atoms with Crippen LogP contribution in [0.5, 0.6) is 0 Å². The Balaban J connectivity index is 1.55. The van der Waals surface area contributed by atoms with E-state index in [0.717, 1.165) is 11.1 Å². The summed E-state index contributed by atoms with van der Waals surface area (Å²) in [6, 6.07) is 23.8. The van der Waals surface area contributed by atoms with Crippen LogP contribution < -0.4 is 10.6 Å². The summed E-state index contributed by atoms with van der Waals surface area (Å²) < 4.78 is 0. The SMILES string of the molecule is Cc1ccccc1C(=O)Nc1cccc2c1C(=O)c1c(NC(=O)c3ccccc3C)cccc1C2=O. The normalized spacial score (nSPS) is 11.9. The molecule has 1 aliphatic rings. The summed E-state index contributed by atoms with van der Waals surface area (Å²) in [5.74, 6) is -1.55. The lowest BCUT2D eigenvalue weighted by atomic mass is 9.82. The Kier molecular flexibility index (Phi) is 5.78. The maximum absolute atomic E-state index is 13.8. The molecule has 0 bridgehead atoms. The van der Waals surface area contributed by atoms with Gasteiger partial charge in [-0.1, -0.05) is 60.7 Å². The molecule has 4 aromatic rings. The Morgan fingerprint density at radius 1 is 0.528 bits per heavy atom. The van der Waals surface area contributed by atoms with Crippen LogP contribution in [0.3, 0.4) is 0 Å². The lowest BCUT2D eigenvalue weighted by molar-refractivity contribution is 0.0978. The third kappa shape index (κ3) is 3.88. The molecule has 0 saturated heterocycles. The van der Waals surface area contributed by atoms with Crippen LogP contribution in [0, 0.1) is 13.8 Å². The number of benzene rings is 4. The number of nitrogens with one attached hydrogen (secondary N) is 2. The molecule has 5 rings (SSSR count). The molecule has 0 aromatic heterocycles. The van der Waals surface area contributed by atoms with Gasteiger partial charge in [0.1, 0.15) is 0 Å². The number of amides is 2. The molecule has 2 amide bonds. The number of rotatable bonds is 4. The molecule has 4 aromatic carbocycles. The van der Waals surface area contributed by atoms with Crippen LogP contribution in [-0.4, -0.2) is 23.4 Å². The van der Waals surface area contributed by atoms with Crippen molar-refractivity contribution in [3.8, 4) is 0 Å². The van der Waals surface area contributed by atoms with Gasteiger partial charge in [0.05, 0.1) is 22.5 Å². The van der Waals surface area contributed by atoms with Crippen LogP contribution in [0.15, 0.2) is 84.9 Å². The van der Waals surface area contributed by atoms with Crippen molar-refractivity contribution in [1.82, 2.24) is 0 Å². The maximum atomic E-state index is 13.8. The minimum atomic E-state index is -0.444. The van der Waals surface area contributed by atoms with E-state index in [9.17, 15) is 19.2 Å². The number of carbonyl (C=O) groups is 4. The lowest BCUT2D eigenvalue weighted by Crippen LogP contribution is -2.26. The topological polar surface area (TPSA) is 92.3 Å². The fourth-order valence-corrected chi connectivity index (χ4v) is 4.49. The van der Waals surface area contributed by atoms with E-state index in [-0.39, 0.29) is 51.2 Å². The number of aryl methyl sites for hydroxylation is 2. The van der Waals surface area contributed by atoms with E-state index < -0.39 is 5.78 Å². The van der Waals surface area contributed by atoms with E-state index in [1.807, 2.05) is 38.1 Å². The first-order valence-electron chi connectivity index (χ1n) is 11.5. The predicted molar refractivity (Wildman–Crippen MR) is 138 cm³/mol. The Morgan fingerprint density at radius 2 is 0.944 bits per heavy atom. The van der Waals surface area contributed by atoms with E-state index in [4.69, 9.17) is 0 Å². The van der Waals surface area contributed by atoms with Crippen molar-refractivity contribution in [2.75, 3.05) is 10.6 Å². The van der Waals surface area contributed by atoms with E-state index in [2.05, 4.69) is 10.6 Å². The van der Waals surface area contributed by atoms with Gasteiger partial charge in [-0.3, -0.25) is 19.2 Å². The van der Waals surface area contributed by atoms with Gasteiger partial charge in [0, 0.05) is 22.3 Å². The molecule has 0 saturated carbocycles. The third-order valence-corrected chi connectivity index (χ3v) is 6.35. The summed E-state index contributed by atoms with van der Waals surface area (Å²) in [7, 11) is 0. The number of anilines is 2. The highest BCUT2D eigenvalue weighted by Gasteiger charge is 2.34. The van der Waals surface area contributed by atoms with Crippen LogP contribution in [-0.2, 0) is 0 Å². The average molecular weight is 475 g/mol. The molecule has 176 valence electrons. The summed E-state index contributed by atoms with van der Waals surface area (Å²) in [5.41, 5.74) is 3.61. The lowest BCUT2D eigenvalue weighted by Gasteiger charge is -2.23. The van der Waals surface area contributed by atoms with E-state index >= 15 is 0 Å². The van der Waals surface area contributed by atoms with Crippen LogP contribution >= 0.6 is 0 Å². The van der Waals surface area contributed by atoms with E-state index in [1.54, 1.807) is 60.7 Å². The molecule has 0 heterocycles. The minimum absolute atomic E-state index is 0.106. The van der Waals surface area contributed by atoms with Crippen LogP contribution in [0.2, 0.25) is 0 Å². The Bertz CT molecular complexity index is 1470. The Hall–Kier alpha value is -4.84. The largest absolute Gasteiger partial charge is 0.321 e. The van der Waals surface area contributed by atoms with Crippen molar-refractivity contribution < 1.29 is 19.2 Å². The summed E-state index contributed by atoms with van der Waals surface area (Å²) in [4.78, 5) is 53.2. The molecule has 1 aliphatic carbocycles. The van der Waals surface area contributed by atoms with Gasteiger partial charge in [-0.15, -0.1) is 0 Å². The van der Waals surface area contributed by atoms with Crippen LogP contribution in [0.1, 0.15) is 63.7 Å². The highest BCUT2D eigenvalue weighted by molar-refractivity contribution is 6.33. The Labute approximate surface area is 208 Å². The predicted octanol–water partition coefficient (Wildman–Crippen LogP) is 5.58. The molecule has 0 spiro atoms. The quantitative estimate of drug-likeness (QED) is 0.356. The number of carbonyl (C=O) groups excluding carboxylic acids is 4. The van der Waals surface area contributed by atoms with Gasteiger partial charge in [-0.05, 0) is 49.2 Å². The zero-order chi connectivity index (χ0) is 25.4. The first-order valence-corrected chi connectivity index (χ1v) is 11.5. The van der Waals surface area contributed by atoms with Crippen LogP contribution in [0.25, 0.3) is 0 Å². The van der Waals surface area contributed by atoms with Crippen molar-refractivity contribution in [1.29, 1.82) is 0 Å². The summed E-state index contributed by atoms with van der Waals surface area (Å²) in [6.45, 7) is 3.65. The highest BCUT2D eigenvalue weighted by Crippen LogP contribution is 2.36. The van der Waals surface area contributed by atoms with Crippen molar-refractivity contribution in [2.24, 2.45) is 0 Å². The minimum Gasteiger partial charge on any atom is -0.321 e. The second-order valence-corrected chi connectivity index (χ2v) is 8.65. The molecule has 0 aliphatic heterocycles. The second kappa shape index (κ2) is 9.07. The Morgan fingerprint density at radius 3 is 1.36 bits per heavy atom. The van der Waals surface area contributed by atoms with E-state index in [1.165, 1.54) is 0 Å². The fraction of sp³-hybridized carbons (Fsp3) is 0.0667. The first-order chi connectivity index (χ1) is 17.4. The first kappa shape index (κ1) is 22.9. The zero-order valence-electron chi connectivity index (χ0n) is 19.7. The molecule has 2 N–H and O–H groups in total. The maximum Gasteiger partial charge on any atom is 0.255 e. The molecule has 0 fully saturated rings. The molecule has 6 nitrogen and oxygen atoms in total. The molecule has 6 heteroatoms. The molecular weight excluding hydrogens is 452 g/mol. The van der Waals surface area contributed by atoms with Gasteiger partial charge in [0.2, 0.25) is 0 Å². The van der Waals surface area contributed by atoms with Gasteiger partial charge >= 0.3 is 0 Å². The summed E-state index contributed by atoms with van der Waals surface area (Å²) in [5, 5.41) is 5.61. The smallest absolute Gasteiger partial charge is 0.255 e. The van der Waals surface area contributed by atoms with Gasteiger partial charge < -0.3 is 10.6 Å². The van der Waals surface area contributed by atoms with Gasteiger partial charge in [-0.25, -0.2) is 0 Å². The van der Waals surface area contributed by atoms with Crippen molar-refractivity contribution in [3.05, 3.63) is 129 Å². The van der Waals surface area contributed by atoms with E-state index in [0.29, 0.717) is 11.1 Å². The summed E-state index contributed by atoms with van der Waals surface area (Å²) >= 11 is 0. The fourth-order valence-electron chi connectivity index (χ4n) is 4.49. The van der Waals surface area contributed by atoms with Crippen molar-refractivity contribution >= 4 is 34.8 Å². The van der Waals surface area contributed by atoms with Crippen molar-refractivity contribution in [3.63, 3.8) is 0 Å². The number of hydrogen-bond acceptors (Lipinski definition) is 4. The van der Waals surface area contributed by atoms with Gasteiger partial charge in [0.15, 0.2) is 11.6 Å². The summed E-state index contributed by atoms with van der Waals surface area (Å²) in [6.07, 6.45) is 0. The molecule has 0 atom stereocenters. The standard InChI is InChI=1S/C30H22N2O4/c1-17-9-3-5-11-19(17)29(35)31-23-15-7-13-21-25(23)28(34)26-22(27(21)33)14-8-16-24(26)32-30(36)20-12-6-4-10-18(20)2/h3-16H,1-2H3,(H,31,35)(H,32,36). The average Bonchev–Trinajstić information content (AvgIpc) is 2.87. The third-order valence-electron chi connectivity index (χ3n) is 6.35. The second-order valence-electron chi connectivity index (χ2n) is 8.65. The van der Waals surface area contributed by atoms with Gasteiger partial charge in [0.25, 0.3) is 11.8 Å². The molecule has 0 unspecified atom stereocenters. The van der Waals surface area contributed by atoms with Crippen molar-refractivity contribution in [2.45, 2.75) is 13.8 Å². The molecule has 0 radical (unpaired) electrons. The zero-order valence-corrected chi connectivity index (χ0v) is 19.7. The molecule has 36 heavy (non-hydrogen) atoms. The highest BCUT2D eigenvalue weighted by atomic mass is 16.2. The number of hydrogen-bond donors (Lipinski definition) is 2. The monoisotopic (exact) mass is 474 g/mol.